The lowest BCUT2D eigenvalue weighted by Gasteiger charge is -2.17. The number of nitrogens with zero attached hydrogens (tertiary/aromatic N) is 1. The number of anilines is 1. The molecule has 0 radical (unpaired) electrons. The number of nitro groups is 1. The number of ether oxygens (including phenoxy) is 1. The van der Waals surface area contributed by atoms with Crippen LogP contribution in [0.1, 0.15) is 11.8 Å². The van der Waals surface area contributed by atoms with Crippen LogP contribution in [0.25, 0.3) is 0 Å². The van der Waals surface area contributed by atoms with Gasteiger partial charge < -0.3 is 14.5 Å². The van der Waals surface area contributed by atoms with Crippen LogP contribution in [0.4, 0.5) is 11.4 Å². The van der Waals surface area contributed by atoms with E-state index in [4.69, 9.17) is 9.15 Å². The first kappa shape index (κ1) is 17.0. The fraction of sp³-hybridized carbons (Fsp3) is 0.286. The van der Waals surface area contributed by atoms with Crippen LogP contribution in [0.5, 0.6) is 0 Å². The van der Waals surface area contributed by atoms with Crippen LogP contribution in [-0.4, -0.2) is 33.3 Å². The number of hydrogen-bond donors (Lipinski definition) is 1. The Morgan fingerprint density at radius 2 is 2.13 bits per heavy atom. The zero-order chi connectivity index (χ0) is 17.0. The third kappa shape index (κ3) is 4.08. The Morgan fingerprint density at radius 1 is 1.39 bits per heavy atom. The van der Waals surface area contributed by atoms with Crippen molar-refractivity contribution in [2.45, 2.75) is 10.9 Å². The van der Waals surface area contributed by atoms with Gasteiger partial charge in [-0.25, -0.2) is 8.42 Å². The quantitative estimate of drug-likeness (QED) is 0.608. The van der Waals surface area contributed by atoms with E-state index in [0.29, 0.717) is 5.76 Å². The molecule has 1 unspecified atom stereocenters. The molecule has 0 spiro atoms. The largest absolute Gasteiger partial charge is 0.467 e. The average Bonchev–Trinajstić information content (AvgIpc) is 2.99. The van der Waals surface area contributed by atoms with Crippen LogP contribution in [0, 0.1) is 10.1 Å². The molecule has 0 aliphatic heterocycles. The number of sulfone groups is 1. The van der Waals surface area contributed by atoms with Crippen molar-refractivity contribution in [2.75, 3.05) is 25.3 Å². The van der Waals surface area contributed by atoms with E-state index in [1.165, 1.54) is 25.5 Å². The predicted octanol–water partition coefficient (Wildman–Crippen LogP) is 2.39. The van der Waals surface area contributed by atoms with Gasteiger partial charge in [-0.1, -0.05) is 0 Å². The summed E-state index contributed by atoms with van der Waals surface area (Å²) in [7, 11) is -2.03. The Bertz CT molecular complexity index is 786. The molecule has 0 fully saturated rings. The second kappa shape index (κ2) is 6.80. The summed E-state index contributed by atoms with van der Waals surface area (Å²) in [4.78, 5) is 10.5. The number of furan rings is 1. The van der Waals surface area contributed by atoms with Crippen molar-refractivity contribution in [2.24, 2.45) is 0 Å². The van der Waals surface area contributed by atoms with Crippen molar-refractivity contribution in [3.63, 3.8) is 0 Å². The summed E-state index contributed by atoms with van der Waals surface area (Å²) in [6.07, 6.45) is 2.48. The standard InChI is InChI=1S/C14H16N2O6S/c1-21-9-12(14-4-3-7-22-14)15-11-6-5-10(23(2,19)20)8-13(11)16(17)18/h3-8,12,15H,9H2,1-2H3. The first-order valence-electron chi connectivity index (χ1n) is 6.60. The van der Waals surface area contributed by atoms with Crippen LogP contribution < -0.4 is 5.32 Å². The molecule has 9 heteroatoms. The van der Waals surface area contributed by atoms with Crippen LogP contribution in [0.2, 0.25) is 0 Å². The summed E-state index contributed by atoms with van der Waals surface area (Å²) in [5.74, 6) is 0.549. The topological polar surface area (TPSA) is 112 Å². The number of nitro benzene ring substituents is 1. The molecule has 8 nitrogen and oxygen atoms in total. The van der Waals surface area contributed by atoms with Gasteiger partial charge in [-0.3, -0.25) is 10.1 Å². The van der Waals surface area contributed by atoms with Crippen molar-refractivity contribution in [3.05, 3.63) is 52.5 Å². The van der Waals surface area contributed by atoms with Gasteiger partial charge in [-0.2, -0.15) is 0 Å². The number of methoxy groups -OCH3 is 1. The zero-order valence-corrected chi connectivity index (χ0v) is 13.4. The Hall–Kier alpha value is -2.39. The molecule has 2 aromatic rings. The summed E-state index contributed by atoms with van der Waals surface area (Å²) in [5.41, 5.74) is -0.151. The van der Waals surface area contributed by atoms with Gasteiger partial charge in [0, 0.05) is 19.4 Å². The minimum absolute atomic E-state index is 0.115. The molecule has 1 heterocycles. The lowest BCUT2D eigenvalue weighted by molar-refractivity contribution is -0.384. The number of nitrogens with one attached hydrogen (secondary N) is 1. The Morgan fingerprint density at radius 3 is 2.65 bits per heavy atom. The highest BCUT2D eigenvalue weighted by molar-refractivity contribution is 7.90. The van der Waals surface area contributed by atoms with Gasteiger partial charge in [0.2, 0.25) is 0 Å². The monoisotopic (exact) mass is 340 g/mol. The lowest BCUT2D eigenvalue weighted by atomic mass is 10.2. The molecule has 1 aromatic heterocycles. The Balaban J connectivity index is 2.40. The molecule has 2 rings (SSSR count). The Labute approximate surface area is 133 Å². The van der Waals surface area contributed by atoms with Gasteiger partial charge in [0.25, 0.3) is 5.69 Å². The van der Waals surface area contributed by atoms with Gasteiger partial charge in [0.1, 0.15) is 17.5 Å². The van der Waals surface area contributed by atoms with Gasteiger partial charge >= 0.3 is 0 Å². The number of benzene rings is 1. The van der Waals surface area contributed by atoms with Gasteiger partial charge in [-0.15, -0.1) is 0 Å². The summed E-state index contributed by atoms with van der Waals surface area (Å²) in [6.45, 7) is 0.221. The molecule has 1 aromatic carbocycles. The summed E-state index contributed by atoms with van der Waals surface area (Å²) < 4.78 is 33.5. The fourth-order valence-electron chi connectivity index (χ4n) is 2.05. The summed E-state index contributed by atoms with van der Waals surface area (Å²) in [5, 5.41) is 14.2. The predicted molar refractivity (Wildman–Crippen MR) is 83.2 cm³/mol. The van der Waals surface area contributed by atoms with Crippen LogP contribution in [-0.2, 0) is 14.6 Å². The first-order chi connectivity index (χ1) is 10.8. The smallest absolute Gasteiger partial charge is 0.293 e. The van der Waals surface area contributed by atoms with E-state index in [2.05, 4.69) is 5.32 Å². The molecule has 0 aliphatic rings. The van der Waals surface area contributed by atoms with E-state index in [0.717, 1.165) is 12.3 Å². The second-order valence-corrected chi connectivity index (χ2v) is 6.89. The maximum atomic E-state index is 11.6. The Kier molecular flexibility index (Phi) is 5.02. The first-order valence-corrected chi connectivity index (χ1v) is 8.49. The lowest BCUT2D eigenvalue weighted by Crippen LogP contribution is -2.16. The zero-order valence-electron chi connectivity index (χ0n) is 12.6. The molecule has 0 saturated carbocycles. The average molecular weight is 340 g/mol. The number of hydrogen-bond acceptors (Lipinski definition) is 7. The molecule has 1 N–H and O–H groups in total. The number of rotatable bonds is 7. The van der Waals surface area contributed by atoms with Crippen LogP contribution >= 0.6 is 0 Å². The molecule has 1 atom stereocenters. The minimum Gasteiger partial charge on any atom is -0.467 e. The normalized spacial score (nSPS) is 12.8. The SMILES string of the molecule is COCC(Nc1ccc(S(C)(=O)=O)cc1[N+](=O)[O-])c1ccco1. The van der Waals surface area contributed by atoms with Crippen LogP contribution in [0.15, 0.2) is 45.9 Å². The molecular weight excluding hydrogens is 324 g/mol. The molecule has 0 saturated heterocycles. The van der Waals surface area contributed by atoms with E-state index >= 15 is 0 Å². The maximum Gasteiger partial charge on any atom is 0.293 e. The van der Waals surface area contributed by atoms with Gasteiger partial charge in [0.15, 0.2) is 9.84 Å². The molecule has 0 bridgehead atoms. The highest BCUT2D eigenvalue weighted by atomic mass is 32.2. The second-order valence-electron chi connectivity index (χ2n) is 4.88. The van der Waals surface area contributed by atoms with Gasteiger partial charge in [0.05, 0.1) is 22.7 Å². The molecule has 0 aliphatic carbocycles. The highest BCUT2D eigenvalue weighted by Crippen LogP contribution is 2.31. The third-order valence-corrected chi connectivity index (χ3v) is 4.25. The van der Waals surface area contributed by atoms with Gasteiger partial charge in [-0.05, 0) is 24.3 Å². The van der Waals surface area contributed by atoms with E-state index < -0.39 is 20.8 Å². The van der Waals surface area contributed by atoms with Crippen molar-refractivity contribution in [3.8, 4) is 0 Å². The van der Waals surface area contributed by atoms with Crippen molar-refractivity contribution in [1.82, 2.24) is 0 Å². The van der Waals surface area contributed by atoms with Crippen molar-refractivity contribution < 1.29 is 22.5 Å². The van der Waals surface area contributed by atoms with E-state index in [1.807, 2.05) is 0 Å². The molecule has 124 valence electrons. The fourth-order valence-corrected chi connectivity index (χ4v) is 2.69. The van der Waals surface area contributed by atoms with E-state index in [9.17, 15) is 18.5 Å². The maximum absolute atomic E-state index is 11.6. The van der Waals surface area contributed by atoms with Crippen LogP contribution in [0.3, 0.4) is 0 Å². The summed E-state index contributed by atoms with van der Waals surface area (Å²) >= 11 is 0. The molecule has 23 heavy (non-hydrogen) atoms. The van der Waals surface area contributed by atoms with Crippen molar-refractivity contribution >= 4 is 21.2 Å². The third-order valence-electron chi connectivity index (χ3n) is 3.14. The highest BCUT2D eigenvalue weighted by Gasteiger charge is 2.22. The van der Waals surface area contributed by atoms with Crippen molar-refractivity contribution in [1.29, 1.82) is 0 Å². The van der Waals surface area contributed by atoms with E-state index in [1.54, 1.807) is 12.1 Å². The minimum atomic E-state index is -3.53. The molecular formula is C14H16N2O6S. The summed E-state index contributed by atoms with van der Waals surface area (Å²) in [6, 6.07) is 6.67. The van der Waals surface area contributed by atoms with E-state index in [-0.39, 0.29) is 22.9 Å². The molecule has 0 amide bonds.